The molecule has 0 rings (SSSR count). The van der Waals surface area contributed by atoms with Gasteiger partial charge in [0, 0.05) is 12.8 Å². The molecule has 6 heteroatoms. The predicted molar refractivity (Wildman–Crippen MR) is 375 cm³/mol. The van der Waals surface area contributed by atoms with E-state index in [0.29, 0.717) is 25.9 Å². The second-order valence-corrected chi connectivity index (χ2v) is 27.0. The number of carbonyl (C=O) groups is 2. The van der Waals surface area contributed by atoms with Crippen LogP contribution in [0.4, 0.5) is 0 Å². The van der Waals surface area contributed by atoms with Crippen molar-refractivity contribution < 1.29 is 24.5 Å². The van der Waals surface area contributed by atoms with Crippen molar-refractivity contribution in [2.75, 3.05) is 13.2 Å². The Labute approximate surface area is 532 Å². The Morgan fingerprint density at radius 2 is 0.553 bits per heavy atom. The zero-order valence-electron chi connectivity index (χ0n) is 57.9. The van der Waals surface area contributed by atoms with Crippen LogP contribution in [-0.2, 0) is 14.3 Å². The molecule has 0 radical (unpaired) electrons. The Bertz CT molecular complexity index is 1330. The quantitative estimate of drug-likeness (QED) is 0.0320. The van der Waals surface area contributed by atoms with Crippen LogP contribution in [0.5, 0.6) is 0 Å². The summed E-state index contributed by atoms with van der Waals surface area (Å²) in [5, 5.41) is 23.5. The second kappa shape index (κ2) is 74.8. The minimum atomic E-state index is -0.664. The lowest BCUT2D eigenvalue weighted by Crippen LogP contribution is -2.45. The van der Waals surface area contributed by atoms with Crippen molar-refractivity contribution in [1.29, 1.82) is 0 Å². The molecule has 0 spiro atoms. The maximum atomic E-state index is 12.6. The zero-order valence-corrected chi connectivity index (χ0v) is 57.9. The van der Waals surface area contributed by atoms with Gasteiger partial charge >= 0.3 is 5.97 Å². The summed E-state index contributed by atoms with van der Waals surface area (Å²) in [4.78, 5) is 24.6. The summed E-state index contributed by atoms with van der Waals surface area (Å²) in [6, 6.07) is -0.541. The molecule has 0 bridgehead atoms. The normalized spacial score (nSPS) is 12.6. The van der Waals surface area contributed by atoms with Gasteiger partial charge in [0.1, 0.15) is 0 Å². The lowest BCUT2D eigenvalue weighted by atomic mass is 10.0. The first-order valence-corrected chi connectivity index (χ1v) is 39.1. The van der Waals surface area contributed by atoms with Crippen molar-refractivity contribution in [2.24, 2.45) is 0 Å². The fourth-order valence-corrected chi connectivity index (χ4v) is 12.5. The molecule has 0 aromatic rings. The van der Waals surface area contributed by atoms with Gasteiger partial charge in [-0.25, -0.2) is 0 Å². The largest absolute Gasteiger partial charge is 0.466 e. The van der Waals surface area contributed by atoms with Crippen LogP contribution in [0, 0.1) is 0 Å². The number of ether oxygens (including phenoxy) is 1. The number of allylic oxidation sites excluding steroid dienone is 4. The molecule has 1 amide bonds. The molecule has 0 aliphatic rings. The summed E-state index contributed by atoms with van der Waals surface area (Å²) < 4.78 is 5.50. The number of esters is 1. The monoisotopic (exact) mass is 1200 g/mol. The molecule has 2 unspecified atom stereocenters. The highest BCUT2D eigenvalue weighted by Gasteiger charge is 2.20. The van der Waals surface area contributed by atoms with Crippen LogP contribution >= 0.6 is 0 Å². The number of amides is 1. The topological polar surface area (TPSA) is 95.9 Å². The summed E-state index contributed by atoms with van der Waals surface area (Å²) in [7, 11) is 0. The molecule has 504 valence electrons. The maximum Gasteiger partial charge on any atom is 0.305 e. The van der Waals surface area contributed by atoms with Gasteiger partial charge in [0.15, 0.2) is 0 Å². The van der Waals surface area contributed by atoms with E-state index < -0.39 is 12.1 Å². The van der Waals surface area contributed by atoms with Crippen LogP contribution in [0.2, 0.25) is 0 Å². The Morgan fingerprint density at radius 1 is 0.318 bits per heavy atom. The smallest absolute Gasteiger partial charge is 0.305 e. The SMILES string of the molecule is CCCCCCCC/C=C\CCCCCCCC(=O)OCCCCCCCCCCCCCC/C=C\CCCCCCCCCCCCCCCCCC(=O)NC(CO)C(O)CCCCCCCCCCCCCCCCCCCCCCCC. The van der Waals surface area contributed by atoms with E-state index in [0.717, 1.165) is 44.9 Å². The van der Waals surface area contributed by atoms with Gasteiger partial charge in [0.25, 0.3) is 0 Å². The van der Waals surface area contributed by atoms with Gasteiger partial charge in [0.2, 0.25) is 5.91 Å². The second-order valence-electron chi connectivity index (χ2n) is 27.0. The summed E-state index contributed by atoms with van der Waals surface area (Å²) in [5.41, 5.74) is 0. The van der Waals surface area contributed by atoms with E-state index in [1.54, 1.807) is 0 Å². The highest BCUT2D eigenvalue weighted by molar-refractivity contribution is 5.76. The van der Waals surface area contributed by atoms with Gasteiger partial charge in [-0.05, 0) is 77.0 Å². The lowest BCUT2D eigenvalue weighted by molar-refractivity contribution is -0.143. The van der Waals surface area contributed by atoms with E-state index in [9.17, 15) is 19.8 Å². The summed E-state index contributed by atoms with van der Waals surface area (Å²) in [6.07, 6.45) is 95.5. The van der Waals surface area contributed by atoms with Crippen LogP contribution in [-0.4, -0.2) is 47.4 Å². The molecule has 0 heterocycles. The summed E-state index contributed by atoms with van der Waals surface area (Å²) in [5.74, 6) is -0.0169. The first-order valence-electron chi connectivity index (χ1n) is 39.1. The summed E-state index contributed by atoms with van der Waals surface area (Å²) in [6.45, 7) is 4.99. The van der Waals surface area contributed by atoms with Gasteiger partial charge in [-0.3, -0.25) is 9.59 Å². The summed E-state index contributed by atoms with van der Waals surface area (Å²) >= 11 is 0. The third kappa shape index (κ3) is 71.3. The number of carbonyl (C=O) groups excluding carboxylic acids is 2. The third-order valence-corrected chi connectivity index (χ3v) is 18.5. The lowest BCUT2D eigenvalue weighted by Gasteiger charge is -2.22. The third-order valence-electron chi connectivity index (χ3n) is 18.5. The molecule has 0 fully saturated rings. The van der Waals surface area contributed by atoms with Crippen LogP contribution in [0.1, 0.15) is 444 Å². The molecule has 0 aromatic carbocycles. The van der Waals surface area contributed by atoms with E-state index in [-0.39, 0.29) is 18.5 Å². The molecule has 0 aliphatic heterocycles. The number of unbranched alkanes of at least 4 members (excludes halogenated alkanes) is 59. The molecule has 0 aromatic heterocycles. The molecule has 0 aliphatic carbocycles. The Kier molecular flexibility index (Phi) is 73.3. The molecule has 6 nitrogen and oxygen atoms in total. The van der Waals surface area contributed by atoms with Crippen LogP contribution in [0.25, 0.3) is 0 Å². The first-order chi connectivity index (χ1) is 42.0. The Hall–Kier alpha value is -1.66. The van der Waals surface area contributed by atoms with Crippen LogP contribution < -0.4 is 5.32 Å². The molecular weight excluding hydrogens is 1040 g/mol. The Balaban J connectivity index is 3.36. The van der Waals surface area contributed by atoms with Crippen molar-refractivity contribution in [2.45, 2.75) is 456 Å². The van der Waals surface area contributed by atoms with Crippen molar-refractivity contribution in [1.82, 2.24) is 5.32 Å². The van der Waals surface area contributed by atoms with Crippen molar-refractivity contribution in [3.05, 3.63) is 24.3 Å². The number of aliphatic hydroxyl groups excluding tert-OH is 2. The van der Waals surface area contributed by atoms with Crippen molar-refractivity contribution in [3.8, 4) is 0 Å². The van der Waals surface area contributed by atoms with Crippen LogP contribution in [0.3, 0.4) is 0 Å². The fourth-order valence-electron chi connectivity index (χ4n) is 12.5. The van der Waals surface area contributed by atoms with Crippen molar-refractivity contribution in [3.63, 3.8) is 0 Å². The molecular formula is C79H153NO5. The fraction of sp³-hybridized carbons (Fsp3) is 0.924. The number of hydrogen-bond donors (Lipinski definition) is 3. The van der Waals surface area contributed by atoms with Gasteiger partial charge < -0.3 is 20.3 Å². The zero-order chi connectivity index (χ0) is 61.3. The van der Waals surface area contributed by atoms with Crippen LogP contribution in [0.15, 0.2) is 24.3 Å². The molecule has 0 saturated carbocycles. The highest BCUT2D eigenvalue weighted by atomic mass is 16.5. The van der Waals surface area contributed by atoms with Gasteiger partial charge in [-0.2, -0.15) is 0 Å². The molecule has 0 saturated heterocycles. The standard InChI is InChI=1S/C79H153NO5/c1-3-5-7-9-11-13-15-17-19-20-21-22-34-37-40-44-47-51-55-59-63-67-71-77(82)76(75-81)80-78(83)72-68-64-60-56-52-48-45-41-38-35-32-30-28-26-24-23-25-27-29-31-33-36-39-42-46-50-54-58-62-66-70-74-85-79(84)73-69-65-61-57-53-49-43-18-16-14-12-10-8-6-4-2/h18,25,27,43,76-77,81-82H,3-17,19-24,26,28-42,44-75H2,1-2H3,(H,80,83)/b27-25-,43-18-. The number of hydrogen-bond acceptors (Lipinski definition) is 5. The average molecular weight is 1200 g/mol. The van der Waals surface area contributed by atoms with E-state index >= 15 is 0 Å². The van der Waals surface area contributed by atoms with E-state index in [1.807, 2.05) is 0 Å². The van der Waals surface area contributed by atoms with Gasteiger partial charge in [-0.15, -0.1) is 0 Å². The van der Waals surface area contributed by atoms with E-state index in [2.05, 4.69) is 43.5 Å². The number of nitrogens with one attached hydrogen (secondary N) is 1. The first kappa shape index (κ1) is 83.3. The molecule has 3 N–H and O–H groups in total. The molecule has 2 atom stereocenters. The minimum Gasteiger partial charge on any atom is -0.466 e. The van der Waals surface area contributed by atoms with E-state index in [1.165, 1.54) is 366 Å². The predicted octanol–water partition coefficient (Wildman–Crippen LogP) is 25.7. The minimum absolute atomic E-state index is 0.0107. The molecule has 85 heavy (non-hydrogen) atoms. The van der Waals surface area contributed by atoms with Gasteiger partial charge in [0.05, 0.1) is 25.4 Å². The van der Waals surface area contributed by atoms with E-state index in [4.69, 9.17) is 4.74 Å². The number of rotatable bonds is 74. The number of aliphatic hydroxyl groups is 2. The maximum absolute atomic E-state index is 12.6. The highest BCUT2D eigenvalue weighted by Crippen LogP contribution is 2.20. The van der Waals surface area contributed by atoms with Crippen molar-refractivity contribution >= 4 is 11.9 Å². The van der Waals surface area contributed by atoms with Gasteiger partial charge in [-0.1, -0.05) is 378 Å². The average Bonchev–Trinajstić information content (AvgIpc) is 3.51. The Morgan fingerprint density at radius 3 is 0.835 bits per heavy atom.